The molecule has 0 aliphatic rings. The van der Waals surface area contributed by atoms with Gasteiger partial charge in [0.05, 0.1) is 5.75 Å². The number of sulfonamides is 1. The molecule has 0 heterocycles. The van der Waals surface area contributed by atoms with Crippen molar-refractivity contribution in [1.82, 2.24) is 0 Å². The highest BCUT2D eigenvalue weighted by Gasteiger charge is 2.09. The van der Waals surface area contributed by atoms with E-state index in [0.29, 0.717) is 5.69 Å². The summed E-state index contributed by atoms with van der Waals surface area (Å²) in [5.74, 6) is 0.222. The monoisotopic (exact) mass is 423 g/mol. The molecule has 1 aromatic carbocycles. The molecule has 4 heteroatoms. The van der Waals surface area contributed by atoms with Gasteiger partial charge in [-0.05, 0) is 25.5 Å². The third-order valence-electron chi connectivity index (χ3n) is 5.59. The Morgan fingerprint density at radius 2 is 1.00 bits per heavy atom. The molecular formula is C25H45NO2S. The van der Waals surface area contributed by atoms with Gasteiger partial charge in [-0.3, -0.25) is 4.72 Å². The minimum absolute atomic E-state index is 0.222. The normalized spacial score (nSPS) is 11.7. The van der Waals surface area contributed by atoms with Gasteiger partial charge >= 0.3 is 0 Å². The molecule has 0 bridgehead atoms. The lowest BCUT2D eigenvalue weighted by Crippen LogP contribution is -2.16. The van der Waals surface area contributed by atoms with Crippen LogP contribution in [0, 0.1) is 6.92 Å². The van der Waals surface area contributed by atoms with Gasteiger partial charge in [0.25, 0.3) is 0 Å². The van der Waals surface area contributed by atoms with E-state index in [0.717, 1.165) is 24.8 Å². The smallest absolute Gasteiger partial charge is 0.232 e. The van der Waals surface area contributed by atoms with Crippen molar-refractivity contribution >= 4 is 15.7 Å². The van der Waals surface area contributed by atoms with Crippen LogP contribution in [-0.2, 0) is 10.0 Å². The molecule has 0 amide bonds. The third-order valence-corrected chi connectivity index (χ3v) is 6.96. The summed E-state index contributed by atoms with van der Waals surface area (Å²) in [4.78, 5) is 0. The van der Waals surface area contributed by atoms with Crippen molar-refractivity contribution in [2.24, 2.45) is 0 Å². The van der Waals surface area contributed by atoms with Crippen LogP contribution in [0.25, 0.3) is 0 Å². The second kappa shape index (κ2) is 16.7. The van der Waals surface area contributed by atoms with Gasteiger partial charge in [0.1, 0.15) is 0 Å². The Bertz CT molecular complexity index is 596. The zero-order valence-electron chi connectivity index (χ0n) is 19.1. The fourth-order valence-corrected chi connectivity index (χ4v) is 4.87. The molecule has 0 aliphatic heterocycles. The van der Waals surface area contributed by atoms with Crippen LogP contribution in [0.1, 0.15) is 115 Å². The van der Waals surface area contributed by atoms with Gasteiger partial charge in [0, 0.05) is 5.69 Å². The molecule has 3 nitrogen and oxygen atoms in total. The van der Waals surface area contributed by atoms with Crippen molar-refractivity contribution in [1.29, 1.82) is 0 Å². The van der Waals surface area contributed by atoms with Crippen LogP contribution in [-0.4, -0.2) is 14.2 Å². The minimum atomic E-state index is -3.22. The second-order valence-electron chi connectivity index (χ2n) is 8.59. The van der Waals surface area contributed by atoms with Crippen molar-refractivity contribution in [3.8, 4) is 0 Å². The molecule has 1 rings (SSSR count). The fourth-order valence-electron chi connectivity index (χ4n) is 3.69. The molecule has 0 unspecified atom stereocenters. The highest BCUT2D eigenvalue weighted by Crippen LogP contribution is 2.15. The Labute approximate surface area is 181 Å². The van der Waals surface area contributed by atoms with E-state index in [1.54, 1.807) is 0 Å². The van der Waals surface area contributed by atoms with Crippen LogP contribution < -0.4 is 4.72 Å². The average Bonchev–Trinajstić information content (AvgIpc) is 2.69. The molecule has 0 radical (unpaired) electrons. The molecule has 0 saturated heterocycles. The minimum Gasteiger partial charge on any atom is -0.284 e. The lowest BCUT2D eigenvalue weighted by molar-refractivity contribution is 0.531. The highest BCUT2D eigenvalue weighted by atomic mass is 32.2. The van der Waals surface area contributed by atoms with Crippen LogP contribution >= 0.6 is 0 Å². The number of aryl methyl sites for hydroxylation is 1. The van der Waals surface area contributed by atoms with E-state index in [2.05, 4.69) is 11.6 Å². The summed E-state index contributed by atoms with van der Waals surface area (Å²) in [5, 5.41) is 0. The number of nitrogens with one attached hydrogen (secondary N) is 1. The van der Waals surface area contributed by atoms with E-state index in [9.17, 15) is 8.42 Å². The van der Waals surface area contributed by atoms with Crippen LogP contribution in [0.2, 0.25) is 0 Å². The molecule has 0 atom stereocenters. The van der Waals surface area contributed by atoms with Gasteiger partial charge in [-0.15, -0.1) is 0 Å². The van der Waals surface area contributed by atoms with Gasteiger partial charge in [-0.2, -0.15) is 0 Å². The maximum absolute atomic E-state index is 12.1. The maximum Gasteiger partial charge on any atom is 0.232 e. The first-order chi connectivity index (χ1) is 14.0. The largest absolute Gasteiger partial charge is 0.284 e. The second-order valence-corrected chi connectivity index (χ2v) is 10.4. The lowest BCUT2D eigenvalue weighted by Gasteiger charge is -2.08. The summed E-state index contributed by atoms with van der Waals surface area (Å²) in [5.41, 5.74) is 1.79. The first kappa shape index (κ1) is 26.0. The van der Waals surface area contributed by atoms with Gasteiger partial charge < -0.3 is 0 Å². The van der Waals surface area contributed by atoms with Gasteiger partial charge in [-0.1, -0.05) is 121 Å². The SMILES string of the molecule is CCCCCCCCCCCCCCCCCCS(=O)(=O)Nc1ccc(C)cc1. The van der Waals surface area contributed by atoms with Crippen LogP contribution in [0.15, 0.2) is 24.3 Å². The molecule has 1 aromatic rings. The fraction of sp³-hybridized carbons (Fsp3) is 0.760. The predicted octanol–water partition coefficient (Wildman–Crippen LogP) is 8.00. The van der Waals surface area contributed by atoms with Crippen LogP contribution in [0.5, 0.6) is 0 Å². The number of rotatable bonds is 19. The molecular weight excluding hydrogens is 378 g/mol. The third kappa shape index (κ3) is 15.5. The van der Waals surface area contributed by atoms with Crippen molar-refractivity contribution in [2.45, 2.75) is 117 Å². The molecule has 0 spiro atoms. The van der Waals surface area contributed by atoms with Gasteiger partial charge in [0.2, 0.25) is 10.0 Å². The highest BCUT2D eigenvalue weighted by molar-refractivity contribution is 7.92. The van der Waals surface area contributed by atoms with Crippen molar-refractivity contribution in [3.63, 3.8) is 0 Å². The topological polar surface area (TPSA) is 46.2 Å². The standard InChI is InChI=1S/C25H45NO2S/c1-3-4-5-6-7-8-9-10-11-12-13-14-15-16-17-18-23-29(27,28)26-25-21-19-24(2)20-22-25/h19-22,26H,3-18,23H2,1-2H3. The van der Waals surface area contributed by atoms with E-state index >= 15 is 0 Å². The Kier molecular flexibility index (Phi) is 15.0. The Balaban J connectivity index is 1.87. The summed E-state index contributed by atoms with van der Waals surface area (Å²) >= 11 is 0. The van der Waals surface area contributed by atoms with Gasteiger partial charge in [0.15, 0.2) is 0 Å². The summed E-state index contributed by atoms with van der Waals surface area (Å²) in [6.45, 7) is 4.27. The Morgan fingerprint density at radius 1 is 0.621 bits per heavy atom. The molecule has 29 heavy (non-hydrogen) atoms. The number of hydrogen-bond acceptors (Lipinski definition) is 2. The quantitative estimate of drug-likeness (QED) is 0.229. The van der Waals surface area contributed by atoms with Gasteiger partial charge in [-0.25, -0.2) is 8.42 Å². The van der Waals surface area contributed by atoms with E-state index in [4.69, 9.17) is 0 Å². The number of anilines is 1. The van der Waals surface area contributed by atoms with E-state index < -0.39 is 10.0 Å². The average molecular weight is 424 g/mol. The molecule has 168 valence electrons. The molecule has 0 aromatic heterocycles. The molecule has 0 aliphatic carbocycles. The molecule has 1 N–H and O–H groups in total. The summed E-state index contributed by atoms with van der Waals surface area (Å²) in [6.07, 6.45) is 20.8. The Morgan fingerprint density at radius 3 is 1.41 bits per heavy atom. The summed E-state index contributed by atoms with van der Waals surface area (Å²) < 4.78 is 26.9. The number of benzene rings is 1. The zero-order valence-corrected chi connectivity index (χ0v) is 19.9. The maximum atomic E-state index is 12.1. The predicted molar refractivity (Wildman–Crippen MR) is 128 cm³/mol. The Hall–Kier alpha value is -1.03. The van der Waals surface area contributed by atoms with Crippen LogP contribution in [0.4, 0.5) is 5.69 Å². The summed E-state index contributed by atoms with van der Waals surface area (Å²) in [6, 6.07) is 7.49. The van der Waals surface area contributed by atoms with Crippen molar-refractivity contribution < 1.29 is 8.42 Å². The molecule has 0 saturated carbocycles. The number of hydrogen-bond donors (Lipinski definition) is 1. The molecule has 0 fully saturated rings. The van der Waals surface area contributed by atoms with E-state index in [1.165, 1.54) is 83.5 Å². The van der Waals surface area contributed by atoms with Crippen molar-refractivity contribution in [3.05, 3.63) is 29.8 Å². The van der Waals surface area contributed by atoms with E-state index in [1.807, 2.05) is 31.2 Å². The first-order valence-corrected chi connectivity index (χ1v) is 13.8. The van der Waals surface area contributed by atoms with Crippen molar-refractivity contribution in [2.75, 3.05) is 10.5 Å². The lowest BCUT2D eigenvalue weighted by atomic mass is 10.0. The number of unbranched alkanes of at least 4 members (excludes halogenated alkanes) is 15. The van der Waals surface area contributed by atoms with E-state index in [-0.39, 0.29) is 5.75 Å². The zero-order chi connectivity index (χ0) is 21.2. The summed E-state index contributed by atoms with van der Waals surface area (Å²) in [7, 11) is -3.22. The first-order valence-electron chi connectivity index (χ1n) is 12.1. The van der Waals surface area contributed by atoms with Crippen LogP contribution in [0.3, 0.4) is 0 Å².